The second-order valence-electron chi connectivity index (χ2n) is 4.50. The first-order valence-corrected chi connectivity index (χ1v) is 5.59. The van der Waals surface area contributed by atoms with Crippen LogP contribution < -0.4 is 4.74 Å². The molecule has 1 aromatic carbocycles. The van der Waals surface area contributed by atoms with Crippen LogP contribution in [-0.4, -0.2) is 34.0 Å². The van der Waals surface area contributed by atoms with Crippen molar-refractivity contribution in [2.45, 2.75) is 12.5 Å². The zero-order valence-corrected chi connectivity index (χ0v) is 9.97. The van der Waals surface area contributed by atoms with Crippen LogP contribution in [0.2, 0.25) is 0 Å². The molecule has 0 aliphatic carbocycles. The van der Waals surface area contributed by atoms with Gasteiger partial charge in [-0.25, -0.2) is 0 Å². The van der Waals surface area contributed by atoms with Gasteiger partial charge in [-0.1, -0.05) is 0 Å². The lowest BCUT2D eigenvalue weighted by molar-refractivity contribution is -0.128. The Labute approximate surface area is 107 Å². The number of allylic oxidation sites excluding steroid dienone is 1. The van der Waals surface area contributed by atoms with Gasteiger partial charge in [-0.2, -0.15) is 0 Å². The Morgan fingerprint density at radius 1 is 1.21 bits per heavy atom. The molecule has 3 rings (SSSR count). The topological polar surface area (TPSA) is 93.1 Å². The van der Waals surface area contributed by atoms with Crippen molar-refractivity contribution in [2.75, 3.05) is 6.61 Å². The zero-order chi connectivity index (χ0) is 13.8. The van der Waals surface area contributed by atoms with Crippen LogP contribution in [0.1, 0.15) is 17.3 Å². The van der Waals surface area contributed by atoms with Gasteiger partial charge in [-0.3, -0.25) is 9.59 Å². The maximum Gasteiger partial charge on any atom is 0.266 e. The van der Waals surface area contributed by atoms with Gasteiger partial charge in [0.25, 0.3) is 5.60 Å². The lowest BCUT2D eigenvalue weighted by Gasteiger charge is -2.31. The van der Waals surface area contributed by atoms with Gasteiger partial charge in [0.2, 0.25) is 11.6 Å². The number of hydrogen-bond donors (Lipinski definition) is 2. The van der Waals surface area contributed by atoms with Crippen LogP contribution in [0.4, 0.5) is 0 Å². The van der Waals surface area contributed by atoms with Gasteiger partial charge in [0.05, 0.1) is 11.3 Å². The summed E-state index contributed by atoms with van der Waals surface area (Å²) in [4.78, 5) is 24.3. The van der Waals surface area contributed by atoms with E-state index < -0.39 is 28.7 Å². The molecule has 6 heteroatoms. The van der Waals surface area contributed by atoms with E-state index in [1.165, 1.54) is 6.08 Å². The standard InChI is InChI=1S/C13H10O6/c1-6-2-11(16)13(19-6)5-18-10-4-9(15)8(14)3-7(10)12(13)17/h2-4,14-15H,5H2,1H3. The molecule has 2 N–H and O–H groups in total. The van der Waals surface area contributed by atoms with Crippen molar-refractivity contribution in [3.8, 4) is 17.2 Å². The fraction of sp³-hybridized carbons (Fsp3) is 0.231. The Balaban J connectivity index is 2.11. The predicted octanol–water partition coefficient (Wildman–Crippen LogP) is 0.915. The van der Waals surface area contributed by atoms with E-state index in [1.807, 2.05) is 0 Å². The smallest absolute Gasteiger partial charge is 0.266 e. The molecule has 1 aromatic rings. The number of carbonyl (C=O) groups excluding carboxylic acids is 2. The van der Waals surface area contributed by atoms with E-state index in [0.29, 0.717) is 5.76 Å². The molecule has 98 valence electrons. The normalized spacial score (nSPS) is 24.8. The lowest BCUT2D eigenvalue weighted by atomic mass is 9.87. The number of Topliss-reactive ketones (excluding diaryl/α,β-unsaturated/α-hetero) is 1. The molecule has 2 heterocycles. The maximum absolute atomic E-state index is 12.4. The third kappa shape index (κ3) is 1.43. The summed E-state index contributed by atoms with van der Waals surface area (Å²) in [5.41, 5.74) is -1.68. The zero-order valence-electron chi connectivity index (χ0n) is 9.97. The molecule has 2 aliphatic rings. The summed E-state index contributed by atoms with van der Waals surface area (Å²) in [6, 6.07) is 2.20. The van der Waals surface area contributed by atoms with Crippen molar-refractivity contribution in [3.63, 3.8) is 0 Å². The van der Waals surface area contributed by atoms with Crippen molar-refractivity contribution in [3.05, 3.63) is 29.5 Å². The van der Waals surface area contributed by atoms with Crippen LogP contribution in [0, 0.1) is 0 Å². The molecule has 0 bridgehead atoms. The molecule has 19 heavy (non-hydrogen) atoms. The molecule has 2 aliphatic heterocycles. The molecular weight excluding hydrogens is 252 g/mol. The Bertz CT molecular complexity index is 645. The SMILES string of the molecule is CC1=CC(=O)C2(COc3cc(O)c(O)cc3C2=O)O1. The van der Waals surface area contributed by atoms with Gasteiger partial charge in [0.15, 0.2) is 11.5 Å². The number of rotatable bonds is 0. The summed E-state index contributed by atoms with van der Waals surface area (Å²) < 4.78 is 10.6. The van der Waals surface area contributed by atoms with Gasteiger partial charge < -0.3 is 19.7 Å². The van der Waals surface area contributed by atoms with E-state index in [-0.39, 0.29) is 17.9 Å². The van der Waals surface area contributed by atoms with Crippen molar-refractivity contribution in [2.24, 2.45) is 0 Å². The van der Waals surface area contributed by atoms with Gasteiger partial charge >= 0.3 is 0 Å². The molecule has 6 nitrogen and oxygen atoms in total. The van der Waals surface area contributed by atoms with E-state index in [1.54, 1.807) is 6.92 Å². The first-order valence-electron chi connectivity index (χ1n) is 5.59. The van der Waals surface area contributed by atoms with Crippen LogP contribution in [0.15, 0.2) is 24.0 Å². The molecule has 0 saturated carbocycles. The van der Waals surface area contributed by atoms with Crippen LogP contribution in [0.3, 0.4) is 0 Å². The number of benzene rings is 1. The summed E-state index contributed by atoms with van der Waals surface area (Å²) in [7, 11) is 0. The van der Waals surface area contributed by atoms with Gasteiger partial charge in [-0.15, -0.1) is 0 Å². The molecule has 0 radical (unpaired) electrons. The minimum absolute atomic E-state index is 0.0120. The van der Waals surface area contributed by atoms with E-state index in [0.717, 1.165) is 12.1 Å². The number of carbonyl (C=O) groups is 2. The number of ketones is 2. The third-order valence-electron chi connectivity index (χ3n) is 3.19. The van der Waals surface area contributed by atoms with E-state index in [9.17, 15) is 19.8 Å². The van der Waals surface area contributed by atoms with Gasteiger partial charge in [0.1, 0.15) is 12.4 Å². The quantitative estimate of drug-likeness (QED) is 0.533. The summed E-state index contributed by atoms with van der Waals surface area (Å²) in [5, 5.41) is 18.8. The number of fused-ring (bicyclic) bond motifs is 1. The fourth-order valence-corrected chi connectivity index (χ4v) is 2.23. The predicted molar refractivity (Wildman–Crippen MR) is 62.2 cm³/mol. The molecule has 1 spiro atoms. The van der Waals surface area contributed by atoms with Gasteiger partial charge in [0, 0.05) is 12.1 Å². The van der Waals surface area contributed by atoms with E-state index in [2.05, 4.69) is 0 Å². The maximum atomic E-state index is 12.4. The minimum atomic E-state index is -1.69. The first-order chi connectivity index (χ1) is 8.94. The number of ether oxygens (including phenoxy) is 2. The van der Waals surface area contributed by atoms with E-state index >= 15 is 0 Å². The van der Waals surface area contributed by atoms with E-state index in [4.69, 9.17) is 9.47 Å². The minimum Gasteiger partial charge on any atom is -0.504 e. The number of hydrogen-bond acceptors (Lipinski definition) is 6. The average molecular weight is 262 g/mol. The molecule has 0 saturated heterocycles. The van der Waals surface area contributed by atoms with Crippen LogP contribution >= 0.6 is 0 Å². The highest BCUT2D eigenvalue weighted by atomic mass is 16.6. The molecule has 0 fully saturated rings. The van der Waals surface area contributed by atoms with Gasteiger partial charge in [-0.05, 0) is 13.0 Å². The van der Waals surface area contributed by atoms with Crippen LogP contribution in [-0.2, 0) is 9.53 Å². The summed E-state index contributed by atoms with van der Waals surface area (Å²) in [5.74, 6) is -1.45. The van der Waals surface area contributed by atoms with Crippen molar-refractivity contribution in [1.29, 1.82) is 0 Å². The van der Waals surface area contributed by atoms with Crippen molar-refractivity contribution >= 4 is 11.6 Å². The molecule has 0 aromatic heterocycles. The molecular formula is C13H10O6. The molecule has 1 unspecified atom stereocenters. The van der Waals surface area contributed by atoms with Crippen molar-refractivity contribution < 1.29 is 29.3 Å². The number of aromatic hydroxyl groups is 2. The number of phenolic OH excluding ortho intramolecular Hbond substituents is 2. The Hall–Kier alpha value is -2.50. The summed E-state index contributed by atoms with van der Waals surface area (Å²) >= 11 is 0. The number of phenols is 2. The third-order valence-corrected chi connectivity index (χ3v) is 3.19. The molecule has 0 amide bonds. The fourth-order valence-electron chi connectivity index (χ4n) is 2.23. The average Bonchev–Trinajstić information content (AvgIpc) is 2.63. The molecule has 1 atom stereocenters. The van der Waals surface area contributed by atoms with Crippen molar-refractivity contribution in [1.82, 2.24) is 0 Å². The highest BCUT2D eigenvalue weighted by Crippen LogP contribution is 2.41. The lowest BCUT2D eigenvalue weighted by Crippen LogP contribution is -2.52. The monoisotopic (exact) mass is 262 g/mol. The summed E-state index contributed by atoms with van der Waals surface area (Å²) in [6.07, 6.45) is 1.24. The summed E-state index contributed by atoms with van der Waals surface area (Å²) in [6.45, 7) is 1.32. The van der Waals surface area contributed by atoms with Crippen LogP contribution in [0.25, 0.3) is 0 Å². The highest BCUT2D eigenvalue weighted by molar-refractivity contribution is 6.23. The Morgan fingerprint density at radius 3 is 2.53 bits per heavy atom. The highest BCUT2D eigenvalue weighted by Gasteiger charge is 2.55. The Morgan fingerprint density at radius 2 is 1.89 bits per heavy atom. The van der Waals surface area contributed by atoms with Crippen LogP contribution in [0.5, 0.6) is 17.2 Å². The Kier molecular flexibility index (Phi) is 2.14. The second-order valence-corrected chi connectivity index (χ2v) is 4.50. The first kappa shape index (κ1) is 11.6. The largest absolute Gasteiger partial charge is 0.504 e. The second kappa shape index (κ2) is 3.50.